The Morgan fingerprint density at radius 2 is 0.795 bits per heavy atom. The zero-order valence-corrected chi connectivity index (χ0v) is 30.4. The van der Waals surface area contributed by atoms with Crippen LogP contribution in [-0.4, -0.2) is 82.5 Å². The molecule has 0 aromatic carbocycles. The van der Waals surface area contributed by atoms with E-state index in [-0.39, 0.29) is 36.0 Å². The average Bonchev–Trinajstić information content (AvgIpc) is 3.45. The summed E-state index contributed by atoms with van der Waals surface area (Å²) in [5.41, 5.74) is -1.89. The van der Waals surface area contributed by atoms with Gasteiger partial charge in [-0.1, -0.05) is 26.7 Å². The van der Waals surface area contributed by atoms with Crippen molar-refractivity contribution >= 4 is 24.1 Å². The third kappa shape index (κ3) is 21.2. The fourth-order valence-corrected chi connectivity index (χ4v) is 4.22. The molecule has 10 heteroatoms. The number of carbonyl (C=O) groups is 4. The van der Waals surface area contributed by atoms with E-state index < -0.39 is 22.4 Å². The van der Waals surface area contributed by atoms with Crippen LogP contribution >= 0.6 is 0 Å². The highest BCUT2D eigenvalue weighted by atomic mass is 16.6. The third-order valence-electron chi connectivity index (χ3n) is 6.13. The molecule has 44 heavy (non-hydrogen) atoms. The quantitative estimate of drug-likeness (QED) is 0.224. The molecule has 0 bridgehead atoms. The monoisotopic (exact) mass is 628 g/mol. The molecule has 0 saturated carbocycles. The first kappa shape index (κ1) is 41.5. The Balaban J connectivity index is 0.000000749. The van der Waals surface area contributed by atoms with Crippen LogP contribution in [0.1, 0.15) is 135 Å². The maximum Gasteiger partial charge on any atom is 0.410 e. The zero-order chi connectivity index (χ0) is 34.5. The van der Waals surface area contributed by atoms with Crippen molar-refractivity contribution in [2.24, 2.45) is 11.8 Å². The summed E-state index contributed by atoms with van der Waals surface area (Å²) < 4.78 is 21.3. The molecule has 0 N–H and O–H groups in total. The van der Waals surface area contributed by atoms with Crippen LogP contribution in [-0.2, 0) is 28.5 Å². The Labute approximate surface area is 267 Å². The van der Waals surface area contributed by atoms with Gasteiger partial charge in [0.2, 0.25) is 0 Å². The lowest BCUT2D eigenvalue weighted by atomic mass is 10.1. The van der Waals surface area contributed by atoms with Crippen molar-refractivity contribution in [3.63, 3.8) is 0 Å². The normalized spacial score (nSPS) is 18.8. The molecule has 2 heterocycles. The zero-order valence-electron chi connectivity index (χ0n) is 30.4. The lowest BCUT2D eigenvalue weighted by molar-refractivity contribution is -0.157. The van der Waals surface area contributed by atoms with Gasteiger partial charge in [-0.2, -0.15) is 0 Å². The molecule has 2 atom stereocenters. The van der Waals surface area contributed by atoms with Crippen LogP contribution in [0.4, 0.5) is 9.59 Å². The van der Waals surface area contributed by atoms with E-state index >= 15 is 0 Å². The predicted octanol–water partition coefficient (Wildman–Crippen LogP) is 7.76. The molecule has 0 radical (unpaired) electrons. The van der Waals surface area contributed by atoms with Crippen molar-refractivity contribution in [1.82, 2.24) is 9.80 Å². The number of esters is 2. The minimum Gasteiger partial charge on any atom is -0.460 e. The van der Waals surface area contributed by atoms with Crippen LogP contribution in [0.15, 0.2) is 0 Å². The number of rotatable bonds is 5. The number of ether oxygens (including phenoxy) is 4. The highest BCUT2D eigenvalue weighted by Gasteiger charge is 2.33. The number of hydrogen-bond donors (Lipinski definition) is 0. The first-order valence-corrected chi connectivity index (χ1v) is 16.2. The molecular formula is C34H64N2O8. The van der Waals surface area contributed by atoms with Gasteiger partial charge >= 0.3 is 24.1 Å². The second-order valence-electron chi connectivity index (χ2n) is 15.7. The summed E-state index contributed by atoms with van der Waals surface area (Å²) in [6.07, 6.45) is 4.39. The van der Waals surface area contributed by atoms with Crippen molar-refractivity contribution in [3.05, 3.63) is 0 Å². The van der Waals surface area contributed by atoms with Crippen LogP contribution in [0.5, 0.6) is 0 Å². The van der Waals surface area contributed by atoms with Gasteiger partial charge < -0.3 is 28.7 Å². The summed E-state index contributed by atoms with van der Waals surface area (Å²) >= 11 is 0. The van der Waals surface area contributed by atoms with E-state index in [1.54, 1.807) is 9.80 Å². The molecule has 0 aromatic rings. The Morgan fingerprint density at radius 1 is 0.523 bits per heavy atom. The van der Waals surface area contributed by atoms with Gasteiger partial charge in [-0.25, -0.2) is 9.59 Å². The smallest absolute Gasteiger partial charge is 0.410 e. The second-order valence-corrected chi connectivity index (χ2v) is 15.7. The van der Waals surface area contributed by atoms with Crippen LogP contribution in [0.3, 0.4) is 0 Å². The van der Waals surface area contributed by atoms with Gasteiger partial charge in [-0.05, 0) is 108 Å². The van der Waals surface area contributed by atoms with Gasteiger partial charge in [0, 0.05) is 26.2 Å². The van der Waals surface area contributed by atoms with E-state index in [1.807, 2.05) is 83.1 Å². The van der Waals surface area contributed by atoms with Crippen LogP contribution in [0.2, 0.25) is 0 Å². The van der Waals surface area contributed by atoms with Crippen LogP contribution in [0.25, 0.3) is 0 Å². The fraction of sp³-hybridized carbons (Fsp3) is 0.882. The number of amides is 2. The van der Waals surface area contributed by atoms with E-state index in [1.165, 1.54) is 12.8 Å². The van der Waals surface area contributed by atoms with Crippen LogP contribution in [0, 0.1) is 11.8 Å². The van der Waals surface area contributed by atoms with Crippen molar-refractivity contribution < 1.29 is 38.1 Å². The minimum absolute atomic E-state index is 0.164. The summed E-state index contributed by atoms with van der Waals surface area (Å²) in [5.74, 6) is -0.0724. The predicted molar refractivity (Wildman–Crippen MR) is 173 cm³/mol. The summed E-state index contributed by atoms with van der Waals surface area (Å²) in [4.78, 5) is 50.7. The molecule has 0 spiro atoms. The maximum atomic E-state index is 11.9. The van der Waals surface area contributed by atoms with Gasteiger partial charge in [-0.3, -0.25) is 9.59 Å². The van der Waals surface area contributed by atoms with Crippen LogP contribution < -0.4 is 0 Å². The fourth-order valence-electron chi connectivity index (χ4n) is 4.22. The van der Waals surface area contributed by atoms with E-state index in [9.17, 15) is 19.2 Å². The van der Waals surface area contributed by atoms with Gasteiger partial charge in [-0.15, -0.1) is 0 Å². The summed E-state index contributed by atoms with van der Waals surface area (Å²) in [6.45, 7) is 29.0. The Morgan fingerprint density at radius 3 is 1.02 bits per heavy atom. The SMILES string of the molecule is CC(C)(C)OC(=O)CC1CCN(C(=O)OC(C)(C)C)C1.CC(C)(C)OC(=O)CC1CCN(C(=O)OC(C)(C)C)C1.CCCC. The van der Waals surface area contributed by atoms with Crippen molar-refractivity contribution in [3.8, 4) is 0 Å². The molecule has 258 valence electrons. The topological polar surface area (TPSA) is 112 Å². The lowest BCUT2D eigenvalue weighted by Gasteiger charge is -2.24. The minimum atomic E-state index is -0.486. The standard InChI is InChI=1S/2C15H27NO4.C4H10/c2*1-14(2,3)19-12(17)9-11-7-8-16(10-11)13(18)20-15(4,5)6;1-3-4-2/h2*11H,7-10H2,1-6H3;3-4H2,1-2H3. The summed E-state index contributed by atoms with van der Waals surface area (Å²) in [5, 5.41) is 0. The molecule has 2 amide bonds. The molecular weight excluding hydrogens is 564 g/mol. The summed E-state index contributed by atoms with van der Waals surface area (Å²) in [7, 11) is 0. The summed E-state index contributed by atoms with van der Waals surface area (Å²) in [6, 6.07) is 0. The molecule has 2 rings (SSSR count). The average molecular weight is 629 g/mol. The first-order valence-electron chi connectivity index (χ1n) is 16.2. The molecule has 2 unspecified atom stereocenters. The number of likely N-dealkylation sites (tertiary alicyclic amines) is 2. The number of unbranched alkanes of at least 4 members (excludes halogenated alkanes) is 1. The van der Waals surface area contributed by atoms with Gasteiger partial charge in [0.25, 0.3) is 0 Å². The Kier molecular flexibility index (Phi) is 16.8. The molecule has 0 aromatic heterocycles. The number of nitrogens with zero attached hydrogens (tertiary/aromatic N) is 2. The second kappa shape index (κ2) is 17.8. The first-order chi connectivity index (χ1) is 19.8. The van der Waals surface area contributed by atoms with Gasteiger partial charge in [0.05, 0.1) is 12.8 Å². The number of carbonyl (C=O) groups excluding carboxylic acids is 4. The van der Waals surface area contributed by atoms with E-state index in [0.29, 0.717) is 39.0 Å². The van der Waals surface area contributed by atoms with Crippen molar-refractivity contribution in [2.45, 2.75) is 158 Å². The molecule has 2 saturated heterocycles. The molecule has 2 aliphatic heterocycles. The molecule has 10 nitrogen and oxygen atoms in total. The number of hydrogen-bond acceptors (Lipinski definition) is 8. The van der Waals surface area contributed by atoms with Gasteiger partial charge in [0.1, 0.15) is 22.4 Å². The van der Waals surface area contributed by atoms with E-state index in [2.05, 4.69) is 13.8 Å². The van der Waals surface area contributed by atoms with Crippen molar-refractivity contribution in [1.29, 1.82) is 0 Å². The molecule has 2 aliphatic rings. The Hall–Kier alpha value is -2.52. The van der Waals surface area contributed by atoms with Crippen molar-refractivity contribution in [2.75, 3.05) is 26.2 Å². The highest BCUT2D eigenvalue weighted by Crippen LogP contribution is 2.24. The maximum absolute atomic E-state index is 11.9. The molecule has 0 aliphatic carbocycles. The van der Waals surface area contributed by atoms with Gasteiger partial charge in [0.15, 0.2) is 0 Å². The largest absolute Gasteiger partial charge is 0.460 e. The van der Waals surface area contributed by atoms with E-state index in [4.69, 9.17) is 18.9 Å². The highest BCUT2D eigenvalue weighted by molar-refractivity contribution is 5.72. The lowest BCUT2D eigenvalue weighted by Crippen LogP contribution is -2.35. The molecule has 2 fully saturated rings. The Bertz CT molecular complexity index is 832. The van der Waals surface area contributed by atoms with E-state index in [0.717, 1.165) is 12.8 Å². The third-order valence-corrected chi connectivity index (χ3v) is 6.13.